The van der Waals surface area contributed by atoms with Crippen molar-refractivity contribution in [1.82, 2.24) is 10.0 Å². The van der Waals surface area contributed by atoms with Crippen molar-refractivity contribution >= 4 is 27.7 Å². The molecule has 1 unspecified atom stereocenters. The lowest BCUT2D eigenvalue weighted by Gasteiger charge is -2.13. The van der Waals surface area contributed by atoms with E-state index >= 15 is 0 Å². The topological polar surface area (TPSA) is 75.3 Å². The lowest BCUT2D eigenvalue weighted by Crippen LogP contribution is -2.31. The van der Waals surface area contributed by atoms with Crippen LogP contribution in [0.3, 0.4) is 0 Å². The second-order valence-corrected chi connectivity index (χ2v) is 9.94. The number of amides is 1. The Balaban J connectivity index is 1.79. The molecule has 1 amide bonds. The highest BCUT2D eigenvalue weighted by Crippen LogP contribution is 2.20. The maximum Gasteiger partial charge on any atom is 0.223 e. The fraction of sp³-hybridized carbons (Fsp3) is 0.381. The van der Waals surface area contributed by atoms with Gasteiger partial charge in [-0.05, 0) is 37.1 Å². The van der Waals surface area contributed by atoms with Crippen LogP contribution in [0.25, 0.3) is 0 Å². The van der Waals surface area contributed by atoms with Gasteiger partial charge in [0, 0.05) is 29.2 Å². The van der Waals surface area contributed by atoms with E-state index in [2.05, 4.69) is 10.0 Å². The number of rotatable bonds is 10. The molecule has 2 aromatic rings. The van der Waals surface area contributed by atoms with Gasteiger partial charge >= 0.3 is 0 Å². The summed E-state index contributed by atoms with van der Waals surface area (Å²) in [7, 11) is -3.34. The SMILES string of the molecule is CC(C)NS(=O)(=O)Cc1ccc(CNC(=O)C(C)CSc2ccccc2)cc1. The molecule has 0 aromatic heterocycles. The molecule has 0 bridgehead atoms. The van der Waals surface area contributed by atoms with E-state index in [0.717, 1.165) is 21.8 Å². The van der Waals surface area contributed by atoms with Crippen molar-refractivity contribution < 1.29 is 13.2 Å². The van der Waals surface area contributed by atoms with Gasteiger partial charge in [0.15, 0.2) is 0 Å². The van der Waals surface area contributed by atoms with Crippen LogP contribution in [0.5, 0.6) is 0 Å². The van der Waals surface area contributed by atoms with E-state index in [1.54, 1.807) is 37.7 Å². The van der Waals surface area contributed by atoms with Crippen LogP contribution < -0.4 is 10.0 Å². The molecule has 7 heteroatoms. The fourth-order valence-corrected chi connectivity index (χ4v) is 4.93. The summed E-state index contributed by atoms with van der Waals surface area (Å²) in [6.45, 7) is 5.93. The minimum Gasteiger partial charge on any atom is -0.352 e. The van der Waals surface area contributed by atoms with Crippen molar-refractivity contribution in [2.45, 2.75) is 44.0 Å². The summed E-state index contributed by atoms with van der Waals surface area (Å²) in [6.07, 6.45) is 0. The molecule has 5 nitrogen and oxygen atoms in total. The van der Waals surface area contributed by atoms with Crippen LogP contribution in [0.2, 0.25) is 0 Å². The molecule has 0 aliphatic carbocycles. The summed E-state index contributed by atoms with van der Waals surface area (Å²) in [6, 6.07) is 17.2. The molecular formula is C21H28N2O3S2. The molecule has 0 aliphatic heterocycles. The third-order valence-electron chi connectivity index (χ3n) is 3.95. The zero-order valence-corrected chi connectivity index (χ0v) is 18.1. The Hall–Kier alpha value is -1.83. The van der Waals surface area contributed by atoms with Gasteiger partial charge in [0.2, 0.25) is 15.9 Å². The number of carbonyl (C=O) groups excluding carboxylic acids is 1. The lowest BCUT2D eigenvalue weighted by molar-refractivity contribution is -0.124. The highest BCUT2D eigenvalue weighted by molar-refractivity contribution is 7.99. The zero-order valence-electron chi connectivity index (χ0n) is 16.5. The minimum absolute atomic E-state index is 0.0104. The normalized spacial score (nSPS) is 12.7. The van der Waals surface area contributed by atoms with Crippen LogP contribution in [0, 0.1) is 5.92 Å². The van der Waals surface area contributed by atoms with E-state index in [1.165, 1.54) is 0 Å². The zero-order chi connectivity index (χ0) is 20.6. The van der Waals surface area contributed by atoms with Gasteiger partial charge in [-0.3, -0.25) is 4.79 Å². The Morgan fingerprint density at radius 3 is 2.18 bits per heavy atom. The predicted octanol–water partition coefficient (Wildman–Crippen LogP) is 3.56. The van der Waals surface area contributed by atoms with E-state index in [-0.39, 0.29) is 23.6 Å². The van der Waals surface area contributed by atoms with E-state index in [9.17, 15) is 13.2 Å². The Morgan fingerprint density at radius 2 is 1.57 bits per heavy atom. The number of carbonyl (C=O) groups is 1. The Morgan fingerprint density at radius 1 is 0.964 bits per heavy atom. The third-order valence-corrected chi connectivity index (χ3v) is 6.77. The first-order valence-electron chi connectivity index (χ1n) is 9.28. The average molecular weight is 421 g/mol. The first kappa shape index (κ1) is 22.5. The minimum atomic E-state index is -3.34. The van der Waals surface area contributed by atoms with E-state index < -0.39 is 10.0 Å². The van der Waals surface area contributed by atoms with Crippen LogP contribution in [0.15, 0.2) is 59.5 Å². The molecule has 0 saturated heterocycles. The van der Waals surface area contributed by atoms with E-state index in [4.69, 9.17) is 0 Å². The van der Waals surface area contributed by atoms with Gasteiger partial charge in [-0.2, -0.15) is 0 Å². The predicted molar refractivity (Wildman–Crippen MR) is 116 cm³/mol. The standard InChI is InChI=1S/C21H28N2O3S2/c1-16(2)23-28(25,26)15-19-11-9-18(10-12-19)13-22-21(24)17(3)14-27-20-7-5-4-6-8-20/h4-12,16-17,23H,13-15H2,1-3H3,(H,22,24). The summed E-state index contributed by atoms with van der Waals surface area (Å²) < 4.78 is 26.5. The summed E-state index contributed by atoms with van der Waals surface area (Å²) >= 11 is 1.67. The average Bonchev–Trinajstić information content (AvgIpc) is 2.64. The lowest BCUT2D eigenvalue weighted by atomic mass is 10.1. The van der Waals surface area contributed by atoms with Gasteiger partial charge in [0.05, 0.1) is 5.75 Å². The Kier molecular flexibility index (Phi) is 8.54. The van der Waals surface area contributed by atoms with Crippen LogP contribution >= 0.6 is 11.8 Å². The first-order chi connectivity index (χ1) is 13.2. The monoisotopic (exact) mass is 420 g/mol. The molecule has 2 aromatic carbocycles. The summed E-state index contributed by atoms with van der Waals surface area (Å²) in [4.78, 5) is 13.4. The number of sulfonamides is 1. The van der Waals surface area contributed by atoms with Crippen LogP contribution in [-0.4, -0.2) is 26.1 Å². The van der Waals surface area contributed by atoms with Crippen molar-refractivity contribution in [2.24, 2.45) is 5.92 Å². The summed E-state index contributed by atoms with van der Waals surface area (Å²) in [5.74, 6) is 0.578. The van der Waals surface area contributed by atoms with E-state index in [0.29, 0.717) is 6.54 Å². The Labute approximate surface area is 172 Å². The second-order valence-electron chi connectivity index (χ2n) is 7.09. The first-order valence-corrected chi connectivity index (χ1v) is 11.9. The van der Waals surface area contributed by atoms with Crippen molar-refractivity contribution in [1.29, 1.82) is 0 Å². The summed E-state index contributed by atoms with van der Waals surface area (Å²) in [5.41, 5.74) is 1.66. The summed E-state index contributed by atoms with van der Waals surface area (Å²) in [5, 5.41) is 2.95. The van der Waals surface area contributed by atoms with Crippen LogP contribution in [0.4, 0.5) is 0 Å². The van der Waals surface area contributed by atoms with Crippen molar-refractivity contribution in [3.63, 3.8) is 0 Å². The number of hydrogen-bond acceptors (Lipinski definition) is 4. The van der Waals surface area contributed by atoms with Crippen LogP contribution in [0.1, 0.15) is 31.9 Å². The molecule has 0 fully saturated rings. The van der Waals surface area contributed by atoms with Gasteiger partial charge in [0.1, 0.15) is 0 Å². The molecule has 2 rings (SSSR count). The number of hydrogen-bond donors (Lipinski definition) is 2. The quantitative estimate of drug-likeness (QED) is 0.576. The number of thioether (sulfide) groups is 1. The van der Waals surface area contributed by atoms with Crippen molar-refractivity contribution in [2.75, 3.05) is 5.75 Å². The molecule has 0 saturated carbocycles. The van der Waals surface area contributed by atoms with Gasteiger partial charge in [-0.25, -0.2) is 13.1 Å². The van der Waals surface area contributed by atoms with Gasteiger partial charge in [-0.15, -0.1) is 11.8 Å². The highest BCUT2D eigenvalue weighted by atomic mass is 32.2. The highest BCUT2D eigenvalue weighted by Gasteiger charge is 2.14. The maximum absolute atomic E-state index is 12.3. The fourth-order valence-electron chi connectivity index (χ4n) is 2.55. The number of benzene rings is 2. The van der Waals surface area contributed by atoms with Crippen molar-refractivity contribution in [3.8, 4) is 0 Å². The van der Waals surface area contributed by atoms with E-state index in [1.807, 2.05) is 49.4 Å². The second kappa shape index (κ2) is 10.6. The molecular weight excluding hydrogens is 392 g/mol. The molecule has 28 heavy (non-hydrogen) atoms. The molecule has 0 aliphatic rings. The van der Waals surface area contributed by atoms with Gasteiger partial charge in [-0.1, -0.05) is 49.4 Å². The molecule has 152 valence electrons. The Bertz CT molecular complexity index is 851. The van der Waals surface area contributed by atoms with Gasteiger partial charge < -0.3 is 5.32 Å². The third kappa shape index (κ3) is 8.04. The smallest absolute Gasteiger partial charge is 0.223 e. The molecule has 0 spiro atoms. The maximum atomic E-state index is 12.3. The molecule has 2 N–H and O–H groups in total. The molecule has 0 radical (unpaired) electrons. The molecule has 0 heterocycles. The van der Waals surface area contributed by atoms with Crippen molar-refractivity contribution in [3.05, 3.63) is 65.7 Å². The largest absolute Gasteiger partial charge is 0.352 e. The van der Waals surface area contributed by atoms with Crippen LogP contribution in [-0.2, 0) is 27.1 Å². The number of nitrogens with one attached hydrogen (secondary N) is 2. The van der Waals surface area contributed by atoms with Gasteiger partial charge in [0.25, 0.3) is 0 Å². The molecule has 1 atom stereocenters.